The molecule has 0 aliphatic heterocycles. The van der Waals surface area contributed by atoms with Crippen molar-refractivity contribution in [3.8, 4) is 6.07 Å². The number of alkyl carbamates (subject to hydrolysis) is 1. The van der Waals surface area contributed by atoms with E-state index in [1.807, 2.05) is 36.4 Å². The summed E-state index contributed by atoms with van der Waals surface area (Å²) in [4.78, 5) is 11.7. The Morgan fingerprint density at radius 3 is 2.61 bits per heavy atom. The maximum Gasteiger partial charge on any atom is 0.407 e. The molecule has 0 saturated heterocycles. The highest BCUT2D eigenvalue weighted by Crippen LogP contribution is 2.47. The lowest BCUT2D eigenvalue weighted by atomic mass is 9.93. The Hall–Kier alpha value is -2.88. The molecule has 0 spiro atoms. The average molecular weight is 380 g/mol. The van der Waals surface area contributed by atoms with Gasteiger partial charge < -0.3 is 20.3 Å². The van der Waals surface area contributed by atoms with E-state index in [1.165, 1.54) is 0 Å². The van der Waals surface area contributed by atoms with Crippen LogP contribution in [0.5, 0.6) is 0 Å². The zero-order chi connectivity index (χ0) is 20.0. The van der Waals surface area contributed by atoms with E-state index in [0.29, 0.717) is 5.56 Å². The van der Waals surface area contributed by atoms with E-state index in [0.717, 1.165) is 24.0 Å². The van der Waals surface area contributed by atoms with Gasteiger partial charge in [-0.3, -0.25) is 0 Å². The molecule has 0 aromatic heterocycles. The molecule has 6 nitrogen and oxygen atoms in total. The van der Waals surface area contributed by atoms with Crippen molar-refractivity contribution in [3.05, 3.63) is 71.3 Å². The number of nitrogens with zero attached hydrogens (tertiary/aromatic N) is 1. The van der Waals surface area contributed by atoms with Crippen LogP contribution >= 0.6 is 0 Å². The van der Waals surface area contributed by atoms with Crippen LogP contribution in [0.4, 0.5) is 4.79 Å². The van der Waals surface area contributed by atoms with E-state index in [2.05, 4.69) is 11.4 Å². The molecule has 2 unspecified atom stereocenters. The zero-order valence-corrected chi connectivity index (χ0v) is 15.5. The second kappa shape index (κ2) is 8.87. The van der Waals surface area contributed by atoms with Crippen molar-refractivity contribution in [1.82, 2.24) is 5.32 Å². The Morgan fingerprint density at radius 2 is 1.93 bits per heavy atom. The highest BCUT2D eigenvalue weighted by Gasteiger charge is 2.45. The van der Waals surface area contributed by atoms with Crippen LogP contribution < -0.4 is 5.32 Å². The second-order valence-corrected chi connectivity index (χ2v) is 7.11. The zero-order valence-electron chi connectivity index (χ0n) is 15.5. The van der Waals surface area contributed by atoms with Crippen LogP contribution in [-0.2, 0) is 16.8 Å². The van der Waals surface area contributed by atoms with E-state index < -0.39 is 23.7 Å². The summed E-state index contributed by atoms with van der Waals surface area (Å²) in [5.74, 6) is 0. The summed E-state index contributed by atoms with van der Waals surface area (Å²) in [6.45, 7) is 0.346. The van der Waals surface area contributed by atoms with Gasteiger partial charge >= 0.3 is 6.09 Å². The monoisotopic (exact) mass is 380 g/mol. The number of nitrogens with one attached hydrogen (secondary N) is 1. The van der Waals surface area contributed by atoms with Gasteiger partial charge in [0.1, 0.15) is 12.7 Å². The molecule has 28 heavy (non-hydrogen) atoms. The van der Waals surface area contributed by atoms with E-state index in [-0.39, 0.29) is 19.6 Å². The first-order valence-corrected chi connectivity index (χ1v) is 9.36. The minimum Gasteiger partial charge on any atom is -0.445 e. The smallest absolute Gasteiger partial charge is 0.407 e. The van der Waals surface area contributed by atoms with Crippen molar-refractivity contribution in [2.75, 3.05) is 6.54 Å². The summed E-state index contributed by atoms with van der Waals surface area (Å²) < 4.78 is 5.10. The van der Waals surface area contributed by atoms with Crippen LogP contribution in [0.3, 0.4) is 0 Å². The summed E-state index contributed by atoms with van der Waals surface area (Å²) in [6.07, 6.45) is -0.882. The highest BCUT2D eigenvalue weighted by atomic mass is 16.5. The van der Waals surface area contributed by atoms with Gasteiger partial charge in [-0.05, 0) is 36.0 Å². The van der Waals surface area contributed by atoms with Crippen molar-refractivity contribution >= 4 is 6.09 Å². The molecule has 2 atom stereocenters. The largest absolute Gasteiger partial charge is 0.445 e. The van der Waals surface area contributed by atoms with Crippen LogP contribution in [0.25, 0.3) is 0 Å². The molecule has 1 aliphatic rings. The summed E-state index contributed by atoms with van der Waals surface area (Å²) in [6, 6.07) is 18.8. The number of hydrogen-bond acceptors (Lipinski definition) is 5. The Morgan fingerprint density at radius 1 is 1.18 bits per heavy atom. The second-order valence-electron chi connectivity index (χ2n) is 7.11. The number of ether oxygens (including phenoxy) is 1. The van der Waals surface area contributed by atoms with Gasteiger partial charge in [-0.1, -0.05) is 54.6 Å². The number of rotatable bonds is 8. The Balaban J connectivity index is 1.44. The number of carbonyl (C=O) groups is 1. The Labute approximate surface area is 164 Å². The lowest BCUT2D eigenvalue weighted by molar-refractivity contribution is 0.0136. The van der Waals surface area contributed by atoms with E-state index in [4.69, 9.17) is 4.74 Å². The van der Waals surface area contributed by atoms with Crippen molar-refractivity contribution in [3.63, 3.8) is 0 Å². The molecule has 0 heterocycles. The fourth-order valence-corrected chi connectivity index (χ4v) is 3.09. The molecular weight excluding hydrogens is 356 g/mol. The molecule has 1 aliphatic carbocycles. The quantitative estimate of drug-likeness (QED) is 0.653. The summed E-state index contributed by atoms with van der Waals surface area (Å²) >= 11 is 0. The third kappa shape index (κ3) is 4.89. The van der Waals surface area contributed by atoms with E-state index in [1.54, 1.807) is 18.2 Å². The van der Waals surface area contributed by atoms with Gasteiger partial charge in [0.2, 0.25) is 0 Å². The molecule has 3 N–H and O–H groups in total. The van der Waals surface area contributed by atoms with Crippen LogP contribution in [0.1, 0.15) is 42.1 Å². The lowest BCUT2D eigenvalue weighted by Gasteiger charge is -2.19. The standard InChI is InChI=1S/C22H24N2O4/c23-15-22(10-11-22)18-8-4-7-17(13-18)20(26)19(25)9-12-24-21(27)28-14-16-5-2-1-3-6-16/h1-8,13,19-20,25-26H,9-12,14H2,(H,24,27). The lowest BCUT2D eigenvalue weighted by Crippen LogP contribution is -2.29. The van der Waals surface area contributed by atoms with Gasteiger partial charge in [-0.25, -0.2) is 4.79 Å². The van der Waals surface area contributed by atoms with Crippen molar-refractivity contribution < 1.29 is 19.7 Å². The number of hydrogen-bond donors (Lipinski definition) is 3. The molecule has 1 amide bonds. The van der Waals surface area contributed by atoms with Gasteiger partial charge in [0, 0.05) is 6.54 Å². The fraction of sp³-hybridized carbons (Fsp3) is 0.364. The van der Waals surface area contributed by atoms with Crippen LogP contribution in [0.15, 0.2) is 54.6 Å². The van der Waals surface area contributed by atoms with Gasteiger partial charge in [0.15, 0.2) is 0 Å². The van der Waals surface area contributed by atoms with Crippen LogP contribution in [0, 0.1) is 11.3 Å². The SMILES string of the molecule is N#CC1(c2cccc(C(O)C(O)CCNC(=O)OCc3ccccc3)c2)CC1. The number of carbonyl (C=O) groups excluding carboxylic acids is 1. The van der Waals surface area contributed by atoms with E-state index >= 15 is 0 Å². The van der Waals surface area contributed by atoms with Crippen molar-refractivity contribution in [2.24, 2.45) is 0 Å². The topological polar surface area (TPSA) is 103 Å². The summed E-state index contributed by atoms with van der Waals surface area (Å²) in [7, 11) is 0. The molecular formula is C22H24N2O4. The molecule has 2 aromatic carbocycles. The Bertz CT molecular complexity index is 843. The number of aliphatic hydroxyl groups excluding tert-OH is 2. The van der Waals surface area contributed by atoms with Gasteiger partial charge in [-0.2, -0.15) is 5.26 Å². The minimum absolute atomic E-state index is 0.172. The predicted octanol–water partition coefficient (Wildman–Crippen LogP) is 2.95. The summed E-state index contributed by atoms with van der Waals surface area (Å²) in [5, 5.41) is 32.6. The molecule has 2 aromatic rings. The predicted molar refractivity (Wildman–Crippen MR) is 103 cm³/mol. The van der Waals surface area contributed by atoms with Gasteiger partial charge in [0.25, 0.3) is 0 Å². The van der Waals surface area contributed by atoms with Crippen molar-refractivity contribution in [2.45, 2.75) is 43.5 Å². The number of aliphatic hydroxyl groups is 2. The first kappa shape index (κ1) is 19.9. The van der Waals surface area contributed by atoms with Gasteiger partial charge in [-0.15, -0.1) is 0 Å². The van der Waals surface area contributed by atoms with Gasteiger partial charge in [0.05, 0.1) is 17.6 Å². The third-order valence-corrected chi connectivity index (χ3v) is 5.03. The molecule has 3 rings (SSSR count). The molecule has 0 bridgehead atoms. The molecule has 1 fully saturated rings. The molecule has 0 radical (unpaired) electrons. The first-order valence-electron chi connectivity index (χ1n) is 9.36. The molecule has 146 valence electrons. The minimum atomic E-state index is -1.09. The normalized spacial score (nSPS) is 16.5. The molecule has 6 heteroatoms. The van der Waals surface area contributed by atoms with Crippen LogP contribution in [-0.4, -0.2) is 29.0 Å². The van der Waals surface area contributed by atoms with E-state index in [9.17, 15) is 20.3 Å². The number of amides is 1. The highest BCUT2D eigenvalue weighted by molar-refractivity contribution is 5.67. The maximum absolute atomic E-state index is 11.7. The fourth-order valence-electron chi connectivity index (χ4n) is 3.09. The summed E-state index contributed by atoms with van der Waals surface area (Å²) in [5.41, 5.74) is 1.89. The molecule has 1 saturated carbocycles. The first-order chi connectivity index (χ1) is 13.5. The van der Waals surface area contributed by atoms with Crippen molar-refractivity contribution in [1.29, 1.82) is 5.26 Å². The average Bonchev–Trinajstić information content (AvgIpc) is 3.54. The Kier molecular flexibility index (Phi) is 6.30. The van der Waals surface area contributed by atoms with Crippen LogP contribution in [0.2, 0.25) is 0 Å². The third-order valence-electron chi connectivity index (χ3n) is 5.03. The maximum atomic E-state index is 11.7. The number of nitriles is 1. The number of benzene rings is 2.